The standard InChI is InChI=1S/C10H19N/c1-10(2)6-8-11-7-4-3-5-9(10)11/h9H,3-8H2,1-2H3. The monoisotopic (exact) mass is 153 g/mol. The maximum absolute atomic E-state index is 2.70. The van der Waals surface area contributed by atoms with E-state index in [1.165, 1.54) is 38.8 Å². The van der Waals surface area contributed by atoms with Crippen LogP contribution in [0.5, 0.6) is 0 Å². The molecule has 0 bridgehead atoms. The van der Waals surface area contributed by atoms with Gasteiger partial charge >= 0.3 is 0 Å². The highest BCUT2D eigenvalue weighted by atomic mass is 15.2. The summed E-state index contributed by atoms with van der Waals surface area (Å²) in [6.45, 7) is 7.59. The first kappa shape index (κ1) is 7.60. The van der Waals surface area contributed by atoms with Crippen molar-refractivity contribution in [2.45, 2.75) is 45.6 Å². The quantitative estimate of drug-likeness (QED) is 0.516. The summed E-state index contributed by atoms with van der Waals surface area (Å²) in [6, 6.07) is 0.913. The van der Waals surface area contributed by atoms with Crippen LogP contribution in [0.3, 0.4) is 0 Å². The number of hydrogen-bond donors (Lipinski definition) is 0. The molecule has 1 atom stereocenters. The van der Waals surface area contributed by atoms with Gasteiger partial charge in [-0.05, 0) is 37.8 Å². The number of piperidine rings is 1. The van der Waals surface area contributed by atoms with Gasteiger partial charge in [-0.15, -0.1) is 0 Å². The van der Waals surface area contributed by atoms with Crippen LogP contribution in [0.1, 0.15) is 39.5 Å². The summed E-state index contributed by atoms with van der Waals surface area (Å²) in [5.74, 6) is 0. The summed E-state index contributed by atoms with van der Waals surface area (Å²) in [7, 11) is 0. The first-order valence-electron chi connectivity index (χ1n) is 4.94. The Morgan fingerprint density at radius 2 is 2.00 bits per heavy atom. The molecular formula is C10H19N. The Bertz CT molecular complexity index is 151. The smallest absolute Gasteiger partial charge is 0.0147 e. The molecule has 64 valence electrons. The highest BCUT2D eigenvalue weighted by Gasteiger charge is 2.40. The second kappa shape index (κ2) is 2.48. The Kier molecular flexibility index (Phi) is 1.71. The van der Waals surface area contributed by atoms with Gasteiger partial charge in [0.05, 0.1) is 0 Å². The lowest BCUT2D eigenvalue weighted by molar-refractivity contribution is 0.136. The van der Waals surface area contributed by atoms with Gasteiger partial charge in [-0.25, -0.2) is 0 Å². The molecule has 2 aliphatic rings. The second-order valence-electron chi connectivity index (χ2n) is 4.79. The molecule has 2 saturated heterocycles. The van der Waals surface area contributed by atoms with Crippen LogP contribution in [0.25, 0.3) is 0 Å². The minimum absolute atomic E-state index is 0.612. The average Bonchev–Trinajstić information content (AvgIpc) is 2.29. The molecule has 0 aliphatic carbocycles. The molecule has 2 heterocycles. The van der Waals surface area contributed by atoms with Crippen LogP contribution in [-0.4, -0.2) is 24.0 Å². The molecular weight excluding hydrogens is 134 g/mol. The van der Waals surface area contributed by atoms with E-state index in [1.54, 1.807) is 0 Å². The Balaban J connectivity index is 2.10. The predicted octanol–water partition coefficient (Wildman–Crippen LogP) is 2.27. The Labute approximate surface area is 69.8 Å². The van der Waals surface area contributed by atoms with Crippen molar-refractivity contribution in [1.82, 2.24) is 4.90 Å². The van der Waals surface area contributed by atoms with Gasteiger partial charge < -0.3 is 0 Å². The molecule has 0 spiro atoms. The summed E-state index contributed by atoms with van der Waals surface area (Å²) in [5.41, 5.74) is 0.612. The largest absolute Gasteiger partial charge is 0.300 e. The molecule has 0 radical (unpaired) electrons. The summed E-state index contributed by atoms with van der Waals surface area (Å²) >= 11 is 0. The molecule has 2 rings (SSSR count). The topological polar surface area (TPSA) is 3.24 Å². The highest BCUT2D eigenvalue weighted by Crippen LogP contribution is 2.40. The van der Waals surface area contributed by atoms with Gasteiger partial charge in [0.25, 0.3) is 0 Å². The summed E-state index contributed by atoms with van der Waals surface area (Å²) in [5, 5.41) is 0. The maximum atomic E-state index is 2.70. The SMILES string of the molecule is CC1(C)CCN2CCCCC21. The molecule has 2 fully saturated rings. The van der Waals surface area contributed by atoms with Gasteiger partial charge in [0, 0.05) is 6.04 Å². The third-order valence-electron chi connectivity index (χ3n) is 3.56. The van der Waals surface area contributed by atoms with Gasteiger partial charge in [0.15, 0.2) is 0 Å². The van der Waals surface area contributed by atoms with Crippen molar-refractivity contribution in [2.24, 2.45) is 5.41 Å². The van der Waals surface area contributed by atoms with Crippen molar-refractivity contribution in [3.63, 3.8) is 0 Å². The first-order chi connectivity index (χ1) is 5.20. The van der Waals surface area contributed by atoms with Gasteiger partial charge in [0.2, 0.25) is 0 Å². The fraction of sp³-hybridized carbons (Fsp3) is 1.00. The van der Waals surface area contributed by atoms with E-state index >= 15 is 0 Å². The normalized spacial score (nSPS) is 37.1. The third kappa shape index (κ3) is 1.20. The summed E-state index contributed by atoms with van der Waals surface area (Å²) in [6.07, 6.45) is 5.77. The zero-order valence-corrected chi connectivity index (χ0v) is 7.77. The van der Waals surface area contributed by atoms with E-state index < -0.39 is 0 Å². The zero-order chi connectivity index (χ0) is 7.90. The lowest BCUT2D eigenvalue weighted by Gasteiger charge is -2.36. The third-order valence-corrected chi connectivity index (χ3v) is 3.56. The molecule has 0 aromatic carbocycles. The molecule has 1 unspecified atom stereocenters. The lowest BCUT2D eigenvalue weighted by atomic mass is 9.81. The molecule has 1 nitrogen and oxygen atoms in total. The van der Waals surface area contributed by atoms with Crippen LogP contribution in [-0.2, 0) is 0 Å². The van der Waals surface area contributed by atoms with Gasteiger partial charge in [-0.2, -0.15) is 0 Å². The molecule has 11 heavy (non-hydrogen) atoms. The molecule has 1 heteroatoms. The van der Waals surface area contributed by atoms with Crippen LogP contribution >= 0.6 is 0 Å². The molecule has 0 saturated carbocycles. The highest BCUT2D eigenvalue weighted by molar-refractivity contribution is 4.94. The molecule has 0 N–H and O–H groups in total. The van der Waals surface area contributed by atoms with Crippen molar-refractivity contribution in [3.8, 4) is 0 Å². The summed E-state index contributed by atoms with van der Waals surface area (Å²) < 4.78 is 0. The van der Waals surface area contributed by atoms with Crippen molar-refractivity contribution in [3.05, 3.63) is 0 Å². The molecule has 0 amide bonds. The second-order valence-corrected chi connectivity index (χ2v) is 4.79. The predicted molar refractivity (Wildman–Crippen MR) is 47.6 cm³/mol. The van der Waals surface area contributed by atoms with Gasteiger partial charge in [-0.3, -0.25) is 4.90 Å². The van der Waals surface area contributed by atoms with Crippen LogP contribution in [0.2, 0.25) is 0 Å². The van der Waals surface area contributed by atoms with E-state index in [-0.39, 0.29) is 0 Å². The zero-order valence-electron chi connectivity index (χ0n) is 7.77. The van der Waals surface area contributed by atoms with E-state index in [0.717, 1.165) is 6.04 Å². The van der Waals surface area contributed by atoms with Crippen LogP contribution in [0, 0.1) is 5.41 Å². The average molecular weight is 153 g/mol. The Morgan fingerprint density at radius 1 is 1.18 bits per heavy atom. The number of hydrogen-bond acceptors (Lipinski definition) is 1. The van der Waals surface area contributed by atoms with E-state index in [0.29, 0.717) is 5.41 Å². The Hall–Kier alpha value is -0.0400. The van der Waals surface area contributed by atoms with Crippen LogP contribution < -0.4 is 0 Å². The number of rotatable bonds is 0. The van der Waals surface area contributed by atoms with E-state index in [4.69, 9.17) is 0 Å². The van der Waals surface area contributed by atoms with Crippen molar-refractivity contribution >= 4 is 0 Å². The molecule has 0 aromatic rings. The molecule has 0 aromatic heterocycles. The Morgan fingerprint density at radius 3 is 2.73 bits per heavy atom. The van der Waals surface area contributed by atoms with Gasteiger partial charge in [0.1, 0.15) is 0 Å². The first-order valence-corrected chi connectivity index (χ1v) is 4.94. The van der Waals surface area contributed by atoms with E-state index in [1.807, 2.05) is 0 Å². The van der Waals surface area contributed by atoms with Crippen molar-refractivity contribution < 1.29 is 0 Å². The number of nitrogens with zero attached hydrogens (tertiary/aromatic N) is 1. The van der Waals surface area contributed by atoms with Gasteiger partial charge in [-0.1, -0.05) is 20.3 Å². The van der Waals surface area contributed by atoms with Crippen molar-refractivity contribution in [2.75, 3.05) is 13.1 Å². The van der Waals surface area contributed by atoms with Crippen LogP contribution in [0.4, 0.5) is 0 Å². The molecule has 2 aliphatic heterocycles. The fourth-order valence-electron chi connectivity index (χ4n) is 2.74. The maximum Gasteiger partial charge on any atom is 0.0147 e. The lowest BCUT2D eigenvalue weighted by Crippen LogP contribution is -2.40. The minimum atomic E-state index is 0.612. The van der Waals surface area contributed by atoms with Crippen LogP contribution in [0.15, 0.2) is 0 Å². The van der Waals surface area contributed by atoms with E-state index in [2.05, 4.69) is 18.7 Å². The summed E-state index contributed by atoms with van der Waals surface area (Å²) in [4.78, 5) is 2.70. The van der Waals surface area contributed by atoms with E-state index in [9.17, 15) is 0 Å². The number of fused-ring (bicyclic) bond motifs is 1. The van der Waals surface area contributed by atoms with Crippen molar-refractivity contribution in [1.29, 1.82) is 0 Å². The minimum Gasteiger partial charge on any atom is -0.300 e. The fourth-order valence-corrected chi connectivity index (χ4v) is 2.74.